The van der Waals surface area contributed by atoms with E-state index in [0.717, 1.165) is 37.7 Å². The van der Waals surface area contributed by atoms with Gasteiger partial charge in [-0.15, -0.1) is 22.7 Å². The third-order valence-electron chi connectivity index (χ3n) is 3.84. The van der Waals surface area contributed by atoms with Gasteiger partial charge in [0, 0.05) is 36.6 Å². The Morgan fingerprint density at radius 2 is 2.32 bits per heavy atom. The molecule has 1 aliphatic rings. The van der Waals surface area contributed by atoms with Crippen LogP contribution in [0.2, 0.25) is 0 Å². The number of nitrogens with one attached hydrogen (secondary N) is 1. The summed E-state index contributed by atoms with van der Waals surface area (Å²) in [7, 11) is 1.73. The van der Waals surface area contributed by atoms with E-state index in [4.69, 9.17) is 17.0 Å². The topological polar surface area (TPSA) is 24.5 Å². The molecule has 3 heterocycles. The van der Waals surface area contributed by atoms with E-state index in [1.165, 1.54) is 15.3 Å². The number of thiocarbonyl (C=S) groups is 1. The van der Waals surface area contributed by atoms with Gasteiger partial charge in [0.05, 0.1) is 6.04 Å². The zero-order valence-electron chi connectivity index (χ0n) is 12.6. The molecule has 0 aliphatic carbocycles. The number of rotatable bonds is 5. The Balaban J connectivity index is 1.77. The van der Waals surface area contributed by atoms with E-state index in [-0.39, 0.29) is 6.04 Å². The molecule has 1 atom stereocenters. The molecule has 0 saturated carbocycles. The molecule has 3 nitrogen and oxygen atoms in total. The summed E-state index contributed by atoms with van der Waals surface area (Å²) in [6.45, 7) is 2.60. The van der Waals surface area contributed by atoms with Gasteiger partial charge in [0.25, 0.3) is 0 Å². The van der Waals surface area contributed by atoms with Crippen LogP contribution in [0.3, 0.4) is 0 Å². The molecule has 0 fully saturated rings. The largest absolute Gasteiger partial charge is 0.385 e. The van der Waals surface area contributed by atoms with Crippen LogP contribution in [0.1, 0.15) is 27.8 Å². The molecule has 0 spiro atoms. The minimum Gasteiger partial charge on any atom is -0.385 e. The maximum absolute atomic E-state index is 5.66. The van der Waals surface area contributed by atoms with Gasteiger partial charge >= 0.3 is 0 Å². The van der Waals surface area contributed by atoms with Gasteiger partial charge in [0.2, 0.25) is 0 Å². The Kier molecular flexibility index (Phi) is 5.46. The maximum Gasteiger partial charge on any atom is 0.169 e. The van der Waals surface area contributed by atoms with Crippen LogP contribution in [0.15, 0.2) is 29.0 Å². The normalized spacial score (nSPS) is 17.3. The summed E-state index contributed by atoms with van der Waals surface area (Å²) in [6.07, 6.45) is 2.05. The molecule has 0 aromatic carbocycles. The smallest absolute Gasteiger partial charge is 0.169 e. The average molecular weight is 353 g/mol. The van der Waals surface area contributed by atoms with Crippen LogP contribution in [-0.2, 0) is 11.2 Å². The summed E-state index contributed by atoms with van der Waals surface area (Å²) in [5.41, 5.74) is 1.42. The fourth-order valence-corrected chi connectivity index (χ4v) is 4.86. The molecule has 0 saturated heterocycles. The number of ether oxygens (including phenoxy) is 1. The lowest BCUT2D eigenvalue weighted by Gasteiger charge is -2.37. The van der Waals surface area contributed by atoms with Crippen molar-refractivity contribution in [3.8, 4) is 0 Å². The fraction of sp³-hybridized carbons (Fsp3) is 0.438. The van der Waals surface area contributed by atoms with Crippen molar-refractivity contribution >= 4 is 40.0 Å². The minimum atomic E-state index is 0.262. The standard InChI is InChI=1S/C16H20N2OS3/c1-19-9-3-7-17-16(20)18-8-5-13-12(6-11-22-13)15(18)14-4-2-10-21-14/h2,4,6,10-11,15H,3,5,7-9H2,1H3,(H,17,20)/t15-/m1/s1. The SMILES string of the molecule is COCCCNC(=S)N1CCc2sccc2[C@@H]1c1cccs1. The van der Waals surface area contributed by atoms with Crippen LogP contribution in [0.25, 0.3) is 0 Å². The predicted octanol–water partition coefficient (Wildman–Crippen LogP) is 3.67. The Labute approximate surface area is 144 Å². The molecule has 2 aromatic rings. The molecular formula is C16H20N2OS3. The molecule has 0 unspecified atom stereocenters. The van der Waals surface area contributed by atoms with E-state index < -0.39 is 0 Å². The van der Waals surface area contributed by atoms with Gasteiger partial charge in [0.15, 0.2) is 5.11 Å². The van der Waals surface area contributed by atoms with E-state index in [2.05, 4.69) is 39.2 Å². The van der Waals surface area contributed by atoms with Gasteiger partial charge in [0.1, 0.15) is 0 Å². The van der Waals surface area contributed by atoms with Crippen LogP contribution in [0.4, 0.5) is 0 Å². The highest BCUT2D eigenvalue weighted by Crippen LogP contribution is 2.39. The lowest BCUT2D eigenvalue weighted by Crippen LogP contribution is -2.45. The molecule has 3 rings (SSSR count). The zero-order valence-corrected chi connectivity index (χ0v) is 15.0. The molecule has 2 aromatic heterocycles. The second kappa shape index (κ2) is 7.55. The average Bonchev–Trinajstić information content (AvgIpc) is 3.20. The lowest BCUT2D eigenvalue weighted by molar-refractivity contribution is 0.195. The van der Waals surface area contributed by atoms with Gasteiger partial charge in [-0.25, -0.2) is 0 Å². The fourth-order valence-electron chi connectivity index (χ4n) is 2.80. The number of hydrogen-bond acceptors (Lipinski definition) is 4. The highest BCUT2D eigenvalue weighted by molar-refractivity contribution is 7.80. The molecule has 0 radical (unpaired) electrons. The first kappa shape index (κ1) is 15.9. The lowest BCUT2D eigenvalue weighted by atomic mass is 9.99. The van der Waals surface area contributed by atoms with E-state index >= 15 is 0 Å². The summed E-state index contributed by atoms with van der Waals surface area (Å²) >= 11 is 9.33. The Morgan fingerprint density at radius 1 is 1.41 bits per heavy atom. The molecule has 6 heteroatoms. The number of fused-ring (bicyclic) bond motifs is 1. The quantitative estimate of drug-likeness (QED) is 0.655. The maximum atomic E-state index is 5.66. The monoisotopic (exact) mass is 352 g/mol. The second-order valence-electron chi connectivity index (χ2n) is 5.24. The predicted molar refractivity (Wildman–Crippen MR) is 98.0 cm³/mol. The van der Waals surface area contributed by atoms with Gasteiger partial charge in [-0.1, -0.05) is 6.07 Å². The number of hydrogen-bond donors (Lipinski definition) is 1. The Morgan fingerprint density at radius 3 is 3.09 bits per heavy atom. The van der Waals surface area contributed by atoms with Crippen LogP contribution >= 0.6 is 34.9 Å². The van der Waals surface area contributed by atoms with Crippen molar-refractivity contribution in [2.24, 2.45) is 0 Å². The first-order valence-corrected chi connectivity index (χ1v) is 9.61. The number of thiophene rings is 2. The molecule has 1 N–H and O–H groups in total. The first-order chi connectivity index (χ1) is 10.8. The van der Waals surface area contributed by atoms with Crippen molar-refractivity contribution in [1.29, 1.82) is 0 Å². The minimum absolute atomic E-state index is 0.262. The highest BCUT2D eigenvalue weighted by atomic mass is 32.1. The Bertz CT molecular complexity index is 609. The molecular weight excluding hydrogens is 332 g/mol. The van der Waals surface area contributed by atoms with Gasteiger partial charge in [-0.2, -0.15) is 0 Å². The molecule has 0 amide bonds. The molecule has 118 valence electrons. The third-order valence-corrected chi connectivity index (χ3v) is 6.14. The summed E-state index contributed by atoms with van der Waals surface area (Å²) in [4.78, 5) is 5.19. The summed E-state index contributed by atoms with van der Waals surface area (Å²) in [5, 5.41) is 8.58. The highest BCUT2D eigenvalue weighted by Gasteiger charge is 2.31. The van der Waals surface area contributed by atoms with Crippen molar-refractivity contribution in [1.82, 2.24) is 10.2 Å². The van der Waals surface area contributed by atoms with Crippen molar-refractivity contribution in [2.45, 2.75) is 18.9 Å². The second-order valence-corrected chi connectivity index (χ2v) is 7.61. The molecule has 0 bridgehead atoms. The zero-order chi connectivity index (χ0) is 15.4. The van der Waals surface area contributed by atoms with Gasteiger partial charge < -0.3 is 15.0 Å². The van der Waals surface area contributed by atoms with E-state index in [1.807, 2.05) is 11.3 Å². The van der Waals surface area contributed by atoms with Crippen molar-refractivity contribution in [3.63, 3.8) is 0 Å². The number of methoxy groups -OCH3 is 1. The van der Waals surface area contributed by atoms with Crippen LogP contribution < -0.4 is 5.32 Å². The molecule has 1 aliphatic heterocycles. The van der Waals surface area contributed by atoms with E-state index in [0.29, 0.717) is 0 Å². The van der Waals surface area contributed by atoms with E-state index in [1.54, 1.807) is 18.4 Å². The summed E-state index contributed by atoms with van der Waals surface area (Å²) in [6, 6.07) is 6.85. The third kappa shape index (κ3) is 3.35. The summed E-state index contributed by atoms with van der Waals surface area (Å²) < 4.78 is 5.09. The van der Waals surface area contributed by atoms with Crippen LogP contribution in [0.5, 0.6) is 0 Å². The van der Waals surface area contributed by atoms with Crippen LogP contribution in [-0.4, -0.2) is 36.8 Å². The first-order valence-electron chi connectivity index (χ1n) is 7.44. The Hall–Kier alpha value is -0.950. The van der Waals surface area contributed by atoms with Gasteiger partial charge in [-0.05, 0) is 53.5 Å². The van der Waals surface area contributed by atoms with Crippen molar-refractivity contribution in [2.75, 3.05) is 26.8 Å². The van der Waals surface area contributed by atoms with Crippen LogP contribution in [0, 0.1) is 0 Å². The van der Waals surface area contributed by atoms with E-state index in [9.17, 15) is 0 Å². The number of nitrogens with zero attached hydrogens (tertiary/aromatic N) is 1. The molecule has 22 heavy (non-hydrogen) atoms. The van der Waals surface area contributed by atoms with Crippen molar-refractivity contribution < 1.29 is 4.74 Å². The van der Waals surface area contributed by atoms with Gasteiger partial charge in [-0.3, -0.25) is 0 Å². The van der Waals surface area contributed by atoms with Crippen molar-refractivity contribution in [3.05, 3.63) is 44.3 Å². The summed E-state index contributed by atoms with van der Waals surface area (Å²) in [5.74, 6) is 0.